The molecule has 0 bridgehead atoms. The maximum atomic E-state index is 11.1. The van der Waals surface area contributed by atoms with Crippen molar-refractivity contribution in [1.29, 1.82) is 0 Å². The number of rotatable bonds is 6. The molecule has 0 aliphatic rings. The number of fused-ring (bicyclic) bond motifs is 1. The van der Waals surface area contributed by atoms with E-state index in [1.54, 1.807) is 7.11 Å². The van der Waals surface area contributed by atoms with E-state index in [0.717, 1.165) is 23.2 Å². The van der Waals surface area contributed by atoms with Gasteiger partial charge < -0.3 is 14.8 Å². The molecule has 0 radical (unpaired) electrons. The number of thioether (sulfide) groups is 1. The zero-order chi connectivity index (χ0) is 13.8. The maximum Gasteiger partial charge on any atom is 0.317 e. The van der Waals surface area contributed by atoms with E-state index in [-0.39, 0.29) is 0 Å². The molecule has 102 valence electrons. The van der Waals surface area contributed by atoms with Gasteiger partial charge in [-0.25, -0.2) is 4.98 Å². The zero-order valence-electron chi connectivity index (χ0n) is 10.8. The Morgan fingerprint density at radius 1 is 1.58 bits per heavy atom. The third kappa shape index (κ3) is 3.20. The smallest absolute Gasteiger partial charge is 0.317 e. The van der Waals surface area contributed by atoms with Crippen molar-refractivity contribution in [2.24, 2.45) is 0 Å². The van der Waals surface area contributed by atoms with Crippen molar-refractivity contribution in [1.82, 2.24) is 9.97 Å². The molecule has 1 unspecified atom stereocenters. The van der Waals surface area contributed by atoms with E-state index < -0.39 is 11.2 Å². The van der Waals surface area contributed by atoms with E-state index in [2.05, 4.69) is 9.97 Å². The number of ether oxygens (including phenoxy) is 1. The Hall–Kier alpha value is -1.69. The Kier molecular flexibility index (Phi) is 4.31. The number of methoxy groups -OCH3 is 1. The summed E-state index contributed by atoms with van der Waals surface area (Å²) in [6, 6.07) is 5.53. The first kappa shape index (κ1) is 13.7. The van der Waals surface area contributed by atoms with E-state index in [1.165, 1.54) is 11.8 Å². The van der Waals surface area contributed by atoms with Crippen molar-refractivity contribution in [3.63, 3.8) is 0 Å². The lowest BCUT2D eigenvalue weighted by Gasteiger charge is -2.07. The van der Waals surface area contributed by atoms with Crippen LogP contribution in [0.1, 0.15) is 19.8 Å². The molecule has 0 saturated heterocycles. The molecule has 2 aromatic rings. The highest BCUT2D eigenvalue weighted by Gasteiger charge is 2.19. The van der Waals surface area contributed by atoms with Gasteiger partial charge in [0.25, 0.3) is 0 Å². The summed E-state index contributed by atoms with van der Waals surface area (Å²) >= 11 is 1.25. The number of nitrogens with one attached hydrogen (secondary N) is 1. The highest BCUT2D eigenvalue weighted by atomic mass is 32.2. The van der Waals surface area contributed by atoms with Crippen LogP contribution in [0.25, 0.3) is 11.0 Å². The molecule has 6 heteroatoms. The molecule has 0 aliphatic carbocycles. The van der Waals surface area contributed by atoms with E-state index in [0.29, 0.717) is 11.6 Å². The first-order valence-electron chi connectivity index (χ1n) is 6.07. The number of hydrogen-bond acceptors (Lipinski definition) is 4. The van der Waals surface area contributed by atoms with Crippen LogP contribution in [-0.4, -0.2) is 33.4 Å². The van der Waals surface area contributed by atoms with Gasteiger partial charge in [-0.2, -0.15) is 0 Å². The molecule has 0 fully saturated rings. The topological polar surface area (TPSA) is 75.2 Å². The standard InChI is InChI=1S/C13H16N2O3S/c1-3-4-11(12(16)17)19-13-14-9-6-5-8(18-2)7-10(9)15-13/h5-7,11H,3-4H2,1-2H3,(H,14,15)(H,16,17). The lowest BCUT2D eigenvalue weighted by atomic mass is 10.2. The van der Waals surface area contributed by atoms with Crippen molar-refractivity contribution in [3.8, 4) is 5.75 Å². The van der Waals surface area contributed by atoms with Gasteiger partial charge in [0.05, 0.1) is 18.1 Å². The normalized spacial score (nSPS) is 12.5. The lowest BCUT2D eigenvalue weighted by molar-refractivity contribution is -0.136. The third-order valence-electron chi connectivity index (χ3n) is 2.75. The highest BCUT2D eigenvalue weighted by molar-refractivity contribution is 8.00. The minimum Gasteiger partial charge on any atom is -0.497 e. The molecule has 0 spiro atoms. The number of aromatic nitrogens is 2. The number of hydrogen-bond donors (Lipinski definition) is 2. The molecule has 2 rings (SSSR count). The number of nitrogens with zero attached hydrogens (tertiary/aromatic N) is 1. The van der Waals surface area contributed by atoms with E-state index in [1.807, 2.05) is 25.1 Å². The van der Waals surface area contributed by atoms with E-state index in [9.17, 15) is 4.79 Å². The fraction of sp³-hybridized carbons (Fsp3) is 0.385. The quantitative estimate of drug-likeness (QED) is 0.796. The number of carboxylic acids is 1. The second-order valence-electron chi connectivity index (χ2n) is 4.16. The van der Waals surface area contributed by atoms with Crippen LogP contribution in [-0.2, 0) is 4.79 Å². The van der Waals surface area contributed by atoms with Crippen LogP contribution in [0.4, 0.5) is 0 Å². The Morgan fingerprint density at radius 2 is 2.37 bits per heavy atom. The van der Waals surface area contributed by atoms with Gasteiger partial charge in [-0.15, -0.1) is 0 Å². The van der Waals surface area contributed by atoms with Gasteiger partial charge >= 0.3 is 5.97 Å². The molecule has 0 aliphatic heterocycles. The molecule has 1 atom stereocenters. The number of imidazole rings is 1. The van der Waals surface area contributed by atoms with Crippen LogP contribution in [0.5, 0.6) is 5.75 Å². The Labute approximate surface area is 115 Å². The number of benzene rings is 1. The second kappa shape index (κ2) is 5.97. The van der Waals surface area contributed by atoms with Crippen molar-refractivity contribution in [2.45, 2.75) is 30.2 Å². The van der Waals surface area contributed by atoms with Crippen molar-refractivity contribution in [2.75, 3.05) is 7.11 Å². The average molecular weight is 280 g/mol. The molecular formula is C13H16N2O3S. The van der Waals surface area contributed by atoms with Crippen LogP contribution in [0, 0.1) is 0 Å². The summed E-state index contributed by atoms with van der Waals surface area (Å²) in [6.45, 7) is 1.97. The maximum absolute atomic E-state index is 11.1. The molecule has 2 N–H and O–H groups in total. The molecule has 19 heavy (non-hydrogen) atoms. The van der Waals surface area contributed by atoms with Gasteiger partial charge in [-0.3, -0.25) is 4.79 Å². The van der Waals surface area contributed by atoms with Crippen LogP contribution >= 0.6 is 11.8 Å². The molecule has 0 saturated carbocycles. The fourth-order valence-corrected chi connectivity index (χ4v) is 2.82. The SMILES string of the molecule is CCCC(Sc1nc2ccc(OC)cc2[nH]1)C(=O)O. The Morgan fingerprint density at radius 3 is 3.00 bits per heavy atom. The minimum atomic E-state index is -0.801. The summed E-state index contributed by atoms with van der Waals surface area (Å²) in [7, 11) is 1.61. The van der Waals surface area contributed by atoms with Gasteiger partial charge in [0, 0.05) is 6.07 Å². The van der Waals surface area contributed by atoms with Crippen molar-refractivity contribution >= 4 is 28.8 Å². The average Bonchev–Trinajstić information content (AvgIpc) is 2.79. The Bertz CT molecular complexity index is 582. The van der Waals surface area contributed by atoms with Crippen molar-refractivity contribution in [3.05, 3.63) is 18.2 Å². The number of aromatic amines is 1. The molecule has 1 aromatic heterocycles. The summed E-state index contributed by atoms with van der Waals surface area (Å²) in [5, 5.41) is 9.30. The van der Waals surface area contributed by atoms with Crippen LogP contribution in [0.2, 0.25) is 0 Å². The highest BCUT2D eigenvalue weighted by Crippen LogP contribution is 2.27. The predicted octanol–water partition coefficient (Wildman–Crippen LogP) is 2.92. The molecule has 1 heterocycles. The summed E-state index contributed by atoms with van der Waals surface area (Å²) < 4.78 is 5.14. The summed E-state index contributed by atoms with van der Waals surface area (Å²) in [6.07, 6.45) is 1.46. The van der Waals surface area contributed by atoms with Gasteiger partial charge in [0.2, 0.25) is 0 Å². The molecule has 0 amide bonds. The summed E-state index contributed by atoms with van der Waals surface area (Å²) in [4.78, 5) is 18.6. The Balaban J connectivity index is 2.22. The summed E-state index contributed by atoms with van der Waals surface area (Å²) in [5.74, 6) is -0.0547. The molecular weight excluding hydrogens is 264 g/mol. The van der Waals surface area contributed by atoms with Crippen LogP contribution < -0.4 is 4.74 Å². The first-order chi connectivity index (χ1) is 9.13. The number of carbonyl (C=O) groups is 1. The predicted molar refractivity (Wildman–Crippen MR) is 74.8 cm³/mol. The van der Waals surface area contributed by atoms with Crippen LogP contribution in [0.15, 0.2) is 23.4 Å². The minimum absolute atomic E-state index is 0.465. The number of H-pyrrole nitrogens is 1. The molecule has 1 aromatic carbocycles. The van der Waals surface area contributed by atoms with Crippen LogP contribution in [0.3, 0.4) is 0 Å². The summed E-state index contributed by atoms with van der Waals surface area (Å²) in [5.41, 5.74) is 1.66. The number of aliphatic carboxylic acids is 1. The van der Waals surface area contributed by atoms with Gasteiger partial charge in [0.15, 0.2) is 5.16 Å². The number of carboxylic acid groups (broad SMARTS) is 1. The second-order valence-corrected chi connectivity index (χ2v) is 5.35. The van der Waals surface area contributed by atoms with E-state index >= 15 is 0 Å². The first-order valence-corrected chi connectivity index (χ1v) is 6.95. The third-order valence-corrected chi connectivity index (χ3v) is 3.89. The van der Waals surface area contributed by atoms with E-state index in [4.69, 9.17) is 9.84 Å². The molecule has 5 nitrogen and oxygen atoms in total. The largest absolute Gasteiger partial charge is 0.497 e. The monoisotopic (exact) mass is 280 g/mol. The van der Waals surface area contributed by atoms with Gasteiger partial charge in [-0.05, 0) is 18.6 Å². The fourth-order valence-electron chi connectivity index (χ4n) is 1.78. The zero-order valence-corrected chi connectivity index (χ0v) is 11.7. The van der Waals surface area contributed by atoms with Gasteiger partial charge in [-0.1, -0.05) is 25.1 Å². The van der Waals surface area contributed by atoms with Crippen molar-refractivity contribution < 1.29 is 14.6 Å². The lowest BCUT2D eigenvalue weighted by Crippen LogP contribution is -2.15. The van der Waals surface area contributed by atoms with Gasteiger partial charge in [0.1, 0.15) is 11.0 Å².